The van der Waals surface area contributed by atoms with Gasteiger partial charge in [0.15, 0.2) is 0 Å². The largest absolute Gasteiger partial charge is 0.327 e. The lowest BCUT2D eigenvalue weighted by molar-refractivity contribution is -0.0474. The molecule has 0 aliphatic heterocycles. The van der Waals surface area contributed by atoms with Crippen molar-refractivity contribution < 1.29 is 0 Å². The van der Waals surface area contributed by atoms with Gasteiger partial charge in [-0.05, 0) is 96.9 Å². The Bertz CT molecular complexity index is 396. The molecule has 1 atom stereocenters. The molecule has 1 nitrogen and oxygen atoms in total. The molecule has 0 amide bonds. The Kier molecular flexibility index (Phi) is 3.19. The summed E-state index contributed by atoms with van der Waals surface area (Å²) in [7, 11) is 0. The lowest BCUT2D eigenvalue weighted by Crippen LogP contribution is -2.51. The SMILES string of the molecule is NC(CCc1ccsc1)C1C2CC3CC(C2)CC1C3. The molecule has 4 fully saturated rings. The fourth-order valence-corrected chi connectivity index (χ4v) is 6.33. The van der Waals surface area contributed by atoms with Gasteiger partial charge in [0.2, 0.25) is 0 Å². The first-order valence-electron chi connectivity index (χ1n) is 8.06. The van der Waals surface area contributed by atoms with E-state index in [0.29, 0.717) is 6.04 Å². The van der Waals surface area contributed by atoms with Crippen molar-refractivity contribution >= 4 is 11.3 Å². The normalized spacial score (nSPS) is 41.6. The van der Waals surface area contributed by atoms with Gasteiger partial charge in [-0.1, -0.05) is 0 Å². The molecule has 4 bridgehead atoms. The van der Waals surface area contributed by atoms with Crippen molar-refractivity contribution in [3.8, 4) is 0 Å². The maximum Gasteiger partial charge on any atom is 0.00756 e. The Morgan fingerprint density at radius 3 is 2.37 bits per heavy atom. The molecule has 1 aromatic rings. The zero-order valence-electron chi connectivity index (χ0n) is 11.6. The average Bonchev–Trinajstić information content (AvgIpc) is 2.88. The third-order valence-electron chi connectivity index (χ3n) is 6.14. The first-order chi connectivity index (χ1) is 9.29. The summed E-state index contributed by atoms with van der Waals surface area (Å²) in [6.45, 7) is 0. The molecule has 0 radical (unpaired) electrons. The molecule has 5 rings (SSSR count). The molecule has 2 heteroatoms. The first-order valence-corrected chi connectivity index (χ1v) is 9.00. The molecule has 1 aromatic heterocycles. The Labute approximate surface area is 120 Å². The van der Waals surface area contributed by atoms with Crippen LogP contribution in [0.1, 0.15) is 44.1 Å². The standard InChI is InChI=1S/C17H25NS/c18-16(2-1-11-3-4-19-10-11)17-14-6-12-5-13(8-14)9-15(17)7-12/h3-4,10,12-17H,1-2,5-9,18H2. The van der Waals surface area contributed by atoms with Crippen molar-refractivity contribution in [2.45, 2.75) is 51.0 Å². The third-order valence-corrected chi connectivity index (χ3v) is 6.87. The minimum atomic E-state index is 0.454. The van der Waals surface area contributed by atoms with E-state index >= 15 is 0 Å². The third kappa shape index (κ3) is 2.27. The number of nitrogens with two attached hydrogens (primary N) is 1. The van der Waals surface area contributed by atoms with Crippen molar-refractivity contribution in [3.63, 3.8) is 0 Å². The maximum absolute atomic E-state index is 6.62. The summed E-state index contributed by atoms with van der Waals surface area (Å²) in [5.41, 5.74) is 8.11. The predicted molar refractivity (Wildman–Crippen MR) is 81.2 cm³/mol. The van der Waals surface area contributed by atoms with Crippen LogP contribution in [0.4, 0.5) is 0 Å². The summed E-state index contributed by atoms with van der Waals surface area (Å²) in [5, 5.41) is 4.47. The van der Waals surface area contributed by atoms with Crippen LogP contribution in [0.2, 0.25) is 0 Å². The van der Waals surface area contributed by atoms with Gasteiger partial charge in [-0.3, -0.25) is 0 Å². The van der Waals surface area contributed by atoms with Crippen LogP contribution in [0, 0.1) is 29.6 Å². The molecule has 1 heterocycles. The van der Waals surface area contributed by atoms with E-state index in [1.54, 1.807) is 6.42 Å². The summed E-state index contributed by atoms with van der Waals surface area (Å²) in [6, 6.07) is 2.71. The van der Waals surface area contributed by atoms with E-state index in [1.165, 1.54) is 44.1 Å². The van der Waals surface area contributed by atoms with E-state index in [0.717, 1.165) is 29.6 Å². The number of hydrogen-bond acceptors (Lipinski definition) is 2. The highest BCUT2D eigenvalue weighted by Crippen LogP contribution is 2.57. The Morgan fingerprint density at radius 1 is 1.11 bits per heavy atom. The highest BCUT2D eigenvalue weighted by molar-refractivity contribution is 7.07. The molecule has 19 heavy (non-hydrogen) atoms. The summed E-state index contributed by atoms with van der Waals surface area (Å²) in [5.74, 6) is 4.96. The number of hydrogen-bond donors (Lipinski definition) is 1. The van der Waals surface area contributed by atoms with Crippen LogP contribution in [0.5, 0.6) is 0 Å². The molecule has 2 N–H and O–H groups in total. The molecular weight excluding hydrogens is 250 g/mol. The summed E-state index contributed by atoms with van der Waals surface area (Å²) < 4.78 is 0. The summed E-state index contributed by atoms with van der Waals surface area (Å²) >= 11 is 1.81. The van der Waals surface area contributed by atoms with Crippen molar-refractivity contribution in [2.24, 2.45) is 35.3 Å². The second-order valence-corrected chi connectivity index (χ2v) is 8.12. The van der Waals surface area contributed by atoms with E-state index in [9.17, 15) is 0 Å². The minimum absolute atomic E-state index is 0.454. The molecule has 0 saturated heterocycles. The van der Waals surface area contributed by atoms with E-state index in [2.05, 4.69) is 16.8 Å². The maximum atomic E-state index is 6.62. The van der Waals surface area contributed by atoms with E-state index < -0.39 is 0 Å². The number of thiophene rings is 1. The van der Waals surface area contributed by atoms with E-state index in [1.807, 2.05) is 11.3 Å². The number of rotatable bonds is 4. The zero-order chi connectivity index (χ0) is 12.8. The van der Waals surface area contributed by atoms with Crippen molar-refractivity contribution in [1.29, 1.82) is 0 Å². The summed E-state index contributed by atoms with van der Waals surface area (Å²) in [4.78, 5) is 0. The highest BCUT2D eigenvalue weighted by atomic mass is 32.1. The van der Waals surface area contributed by atoms with Gasteiger partial charge in [-0.15, -0.1) is 0 Å². The fourth-order valence-electron chi connectivity index (χ4n) is 5.63. The van der Waals surface area contributed by atoms with E-state index in [4.69, 9.17) is 5.73 Å². The van der Waals surface area contributed by atoms with Gasteiger partial charge in [0.1, 0.15) is 0 Å². The molecule has 1 unspecified atom stereocenters. The smallest absolute Gasteiger partial charge is 0.00756 e. The van der Waals surface area contributed by atoms with Crippen LogP contribution in [0.25, 0.3) is 0 Å². The molecule has 4 aliphatic carbocycles. The topological polar surface area (TPSA) is 26.0 Å². The monoisotopic (exact) mass is 275 g/mol. The van der Waals surface area contributed by atoms with Gasteiger partial charge in [0.05, 0.1) is 0 Å². The molecule has 104 valence electrons. The molecule has 0 aromatic carbocycles. The Balaban J connectivity index is 1.41. The lowest BCUT2D eigenvalue weighted by Gasteiger charge is -2.56. The van der Waals surface area contributed by atoms with Crippen molar-refractivity contribution in [1.82, 2.24) is 0 Å². The quantitative estimate of drug-likeness (QED) is 0.880. The van der Waals surface area contributed by atoms with Crippen LogP contribution in [-0.2, 0) is 6.42 Å². The number of aryl methyl sites for hydroxylation is 1. The van der Waals surface area contributed by atoms with E-state index in [-0.39, 0.29) is 0 Å². The molecule has 4 saturated carbocycles. The van der Waals surface area contributed by atoms with Gasteiger partial charge in [0, 0.05) is 6.04 Å². The molecule has 4 aliphatic rings. The van der Waals surface area contributed by atoms with Crippen molar-refractivity contribution in [3.05, 3.63) is 22.4 Å². The molecular formula is C17H25NS. The van der Waals surface area contributed by atoms with Gasteiger partial charge >= 0.3 is 0 Å². The van der Waals surface area contributed by atoms with Gasteiger partial charge in [-0.2, -0.15) is 11.3 Å². The van der Waals surface area contributed by atoms with Gasteiger partial charge in [0.25, 0.3) is 0 Å². The lowest BCUT2D eigenvalue weighted by atomic mass is 9.50. The predicted octanol–water partition coefficient (Wildman–Crippen LogP) is 4.08. The van der Waals surface area contributed by atoms with Crippen LogP contribution >= 0.6 is 11.3 Å². The van der Waals surface area contributed by atoms with Crippen LogP contribution in [-0.4, -0.2) is 6.04 Å². The Morgan fingerprint density at radius 2 is 1.79 bits per heavy atom. The Hall–Kier alpha value is -0.340. The van der Waals surface area contributed by atoms with Crippen molar-refractivity contribution in [2.75, 3.05) is 0 Å². The highest BCUT2D eigenvalue weighted by Gasteiger charge is 2.49. The van der Waals surface area contributed by atoms with Crippen LogP contribution in [0.15, 0.2) is 16.8 Å². The van der Waals surface area contributed by atoms with Crippen LogP contribution in [0.3, 0.4) is 0 Å². The van der Waals surface area contributed by atoms with Gasteiger partial charge < -0.3 is 5.73 Å². The average molecular weight is 275 g/mol. The fraction of sp³-hybridized carbons (Fsp3) is 0.765. The first kappa shape index (κ1) is 12.4. The second-order valence-electron chi connectivity index (χ2n) is 7.34. The minimum Gasteiger partial charge on any atom is -0.327 e. The molecule has 0 spiro atoms. The second kappa shape index (κ2) is 4.89. The van der Waals surface area contributed by atoms with Gasteiger partial charge in [-0.25, -0.2) is 0 Å². The van der Waals surface area contributed by atoms with Crippen LogP contribution < -0.4 is 5.73 Å². The zero-order valence-corrected chi connectivity index (χ0v) is 12.4. The summed E-state index contributed by atoms with van der Waals surface area (Å²) in [6.07, 6.45) is 9.95.